The van der Waals surface area contributed by atoms with Crippen LogP contribution in [0.1, 0.15) is 68.1 Å². The van der Waals surface area contributed by atoms with Gasteiger partial charge in [0.2, 0.25) is 0 Å². The molecule has 29 heavy (non-hydrogen) atoms. The zero-order valence-electron chi connectivity index (χ0n) is 17.3. The Hall–Kier alpha value is -1.59. The van der Waals surface area contributed by atoms with Crippen LogP contribution in [0, 0.1) is 17.8 Å². The van der Waals surface area contributed by atoms with Crippen LogP contribution < -0.4 is 4.74 Å². The lowest BCUT2D eigenvalue weighted by molar-refractivity contribution is -0.152. The van der Waals surface area contributed by atoms with Gasteiger partial charge in [0.05, 0.1) is 17.8 Å². The van der Waals surface area contributed by atoms with Crippen molar-refractivity contribution in [1.29, 1.82) is 0 Å². The molecule has 158 valence electrons. The molecule has 2 atom stereocenters. The van der Waals surface area contributed by atoms with Crippen LogP contribution in [0.3, 0.4) is 0 Å². The van der Waals surface area contributed by atoms with Crippen LogP contribution in [0.15, 0.2) is 24.3 Å². The monoisotopic (exact) mass is 399 g/mol. The van der Waals surface area contributed by atoms with E-state index in [1.807, 2.05) is 36.2 Å². The van der Waals surface area contributed by atoms with E-state index in [1.54, 1.807) is 0 Å². The van der Waals surface area contributed by atoms with Crippen molar-refractivity contribution in [1.82, 2.24) is 4.90 Å². The molecular formula is C24H33NO4. The maximum absolute atomic E-state index is 13.2. The predicted molar refractivity (Wildman–Crippen MR) is 110 cm³/mol. The lowest BCUT2D eigenvalue weighted by atomic mass is 9.52. The molecule has 1 amide bonds. The van der Waals surface area contributed by atoms with Gasteiger partial charge in [-0.05, 0) is 99.8 Å². The van der Waals surface area contributed by atoms with Gasteiger partial charge in [-0.3, -0.25) is 4.79 Å². The SMILES string of the molecule is CN(C(=O)c1ccc(OC2CCC(O)CC2)cc1)C1[C@H]2CC3C[C@H]1CC(O)(C3)C2. The molecule has 2 N–H and O–H groups in total. The van der Waals surface area contributed by atoms with Gasteiger partial charge in [-0.1, -0.05) is 0 Å². The molecule has 0 heterocycles. The van der Waals surface area contributed by atoms with Gasteiger partial charge in [-0.25, -0.2) is 0 Å². The van der Waals surface area contributed by atoms with E-state index in [2.05, 4.69) is 0 Å². The maximum atomic E-state index is 13.2. The number of nitrogens with zero attached hydrogens (tertiary/aromatic N) is 1. The molecule has 5 nitrogen and oxygen atoms in total. The number of amides is 1. The van der Waals surface area contributed by atoms with E-state index in [0.717, 1.165) is 63.5 Å². The van der Waals surface area contributed by atoms with Crippen LogP contribution >= 0.6 is 0 Å². The minimum Gasteiger partial charge on any atom is -0.490 e. The van der Waals surface area contributed by atoms with E-state index < -0.39 is 5.60 Å². The Labute approximate surface area is 173 Å². The second kappa shape index (κ2) is 7.28. The van der Waals surface area contributed by atoms with Gasteiger partial charge in [0.25, 0.3) is 5.91 Å². The van der Waals surface area contributed by atoms with Crippen molar-refractivity contribution in [3.63, 3.8) is 0 Å². The minimum absolute atomic E-state index is 0.0711. The van der Waals surface area contributed by atoms with Crippen LogP contribution in [0.25, 0.3) is 0 Å². The maximum Gasteiger partial charge on any atom is 0.253 e. The summed E-state index contributed by atoms with van der Waals surface area (Å²) in [6.45, 7) is 0. The average molecular weight is 400 g/mol. The third kappa shape index (κ3) is 3.68. The van der Waals surface area contributed by atoms with Gasteiger partial charge in [-0.2, -0.15) is 0 Å². The normalized spacial score (nSPS) is 40.7. The number of aliphatic hydroxyl groups excluding tert-OH is 1. The molecule has 0 spiro atoms. The molecule has 0 saturated heterocycles. The van der Waals surface area contributed by atoms with Gasteiger partial charge in [-0.15, -0.1) is 0 Å². The van der Waals surface area contributed by atoms with Crippen molar-refractivity contribution in [2.24, 2.45) is 17.8 Å². The number of aliphatic hydroxyl groups is 2. The van der Waals surface area contributed by atoms with Crippen molar-refractivity contribution in [3.05, 3.63) is 29.8 Å². The van der Waals surface area contributed by atoms with Crippen molar-refractivity contribution in [3.8, 4) is 5.75 Å². The largest absolute Gasteiger partial charge is 0.490 e. The van der Waals surface area contributed by atoms with E-state index in [9.17, 15) is 15.0 Å². The number of benzene rings is 1. The molecule has 6 rings (SSSR count). The summed E-state index contributed by atoms with van der Waals surface area (Å²) in [4.78, 5) is 15.1. The van der Waals surface area contributed by atoms with Crippen LogP contribution in [0.5, 0.6) is 5.75 Å². The Kier molecular flexibility index (Phi) is 4.86. The lowest BCUT2D eigenvalue weighted by Gasteiger charge is -2.59. The molecule has 4 bridgehead atoms. The van der Waals surface area contributed by atoms with E-state index in [-0.39, 0.29) is 24.2 Å². The highest BCUT2D eigenvalue weighted by Gasteiger charge is 2.56. The van der Waals surface area contributed by atoms with Gasteiger partial charge in [0.15, 0.2) is 0 Å². The zero-order valence-corrected chi connectivity index (χ0v) is 17.3. The quantitative estimate of drug-likeness (QED) is 0.814. The summed E-state index contributed by atoms with van der Waals surface area (Å²) < 4.78 is 6.04. The van der Waals surface area contributed by atoms with Gasteiger partial charge in [0, 0.05) is 18.7 Å². The fourth-order valence-electron chi connectivity index (χ4n) is 6.96. The second-order valence-corrected chi connectivity index (χ2v) is 10.2. The van der Waals surface area contributed by atoms with Gasteiger partial charge >= 0.3 is 0 Å². The summed E-state index contributed by atoms with van der Waals surface area (Å²) in [7, 11) is 1.94. The number of hydrogen-bond donors (Lipinski definition) is 2. The third-order valence-electron chi connectivity index (χ3n) is 8.01. The number of ether oxygens (including phenoxy) is 1. The van der Waals surface area contributed by atoms with Crippen molar-refractivity contribution in [2.75, 3.05) is 7.05 Å². The molecule has 5 heteroatoms. The summed E-state index contributed by atoms with van der Waals surface area (Å²) in [5.41, 5.74) is 0.233. The Balaban J connectivity index is 1.24. The van der Waals surface area contributed by atoms with Crippen LogP contribution in [-0.2, 0) is 0 Å². The fraction of sp³-hybridized carbons (Fsp3) is 0.708. The highest BCUT2D eigenvalue weighted by molar-refractivity contribution is 5.94. The molecule has 1 aromatic carbocycles. The summed E-state index contributed by atoms with van der Waals surface area (Å²) in [5, 5.41) is 20.4. The van der Waals surface area contributed by atoms with Crippen molar-refractivity contribution < 1.29 is 19.7 Å². The third-order valence-corrected chi connectivity index (χ3v) is 8.01. The highest BCUT2D eigenvalue weighted by Crippen LogP contribution is 2.56. The van der Waals surface area contributed by atoms with Crippen LogP contribution in [0.4, 0.5) is 0 Å². The smallest absolute Gasteiger partial charge is 0.253 e. The molecule has 1 aromatic rings. The molecule has 0 aliphatic heterocycles. The minimum atomic E-state index is -0.467. The van der Waals surface area contributed by atoms with Gasteiger partial charge in [0.1, 0.15) is 5.75 Å². The number of rotatable bonds is 4. The molecular weight excluding hydrogens is 366 g/mol. The summed E-state index contributed by atoms with van der Waals surface area (Å²) in [5.74, 6) is 2.38. The second-order valence-electron chi connectivity index (χ2n) is 10.2. The van der Waals surface area contributed by atoms with Crippen molar-refractivity contribution in [2.45, 2.75) is 81.6 Å². The Bertz CT molecular complexity index is 739. The average Bonchev–Trinajstić information content (AvgIpc) is 2.68. The molecule has 5 fully saturated rings. The van der Waals surface area contributed by atoms with Crippen LogP contribution in [0.2, 0.25) is 0 Å². The van der Waals surface area contributed by atoms with E-state index in [0.29, 0.717) is 23.3 Å². The highest BCUT2D eigenvalue weighted by atomic mass is 16.5. The molecule has 0 aromatic heterocycles. The van der Waals surface area contributed by atoms with Gasteiger partial charge < -0.3 is 19.8 Å². The first-order chi connectivity index (χ1) is 13.9. The topological polar surface area (TPSA) is 70.0 Å². The number of carbonyl (C=O) groups excluding carboxylic acids is 1. The fourth-order valence-corrected chi connectivity index (χ4v) is 6.96. The molecule has 0 radical (unpaired) electrons. The zero-order chi connectivity index (χ0) is 20.2. The van der Waals surface area contributed by atoms with E-state index >= 15 is 0 Å². The van der Waals surface area contributed by atoms with Crippen LogP contribution in [-0.4, -0.2) is 51.9 Å². The standard InChI is InChI=1S/C24H33NO4/c1-25(22-17-10-15-11-18(22)14-24(28,12-15)13-17)23(27)16-2-6-20(7-3-16)29-21-8-4-19(26)5-9-21/h2-3,6-7,15,17-19,21-22,26,28H,4-5,8-14H2,1H3/t15?,17-,18-,19?,21?,22?,24?/m0/s1. The Morgan fingerprint density at radius 3 is 2.24 bits per heavy atom. The number of carbonyl (C=O) groups is 1. The summed E-state index contributed by atoms with van der Waals surface area (Å²) in [6.07, 6.45) is 8.30. The Morgan fingerprint density at radius 1 is 1.03 bits per heavy atom. The van der Waals surface area contributed by atoms with E-state index in [4.69, 9.17) is 4.74 Å². The summed E-state index contributed by atoms with van der Waals surface area (Å²) in [6, 6.07) is 7.78. The lowest BCUT2D eigenvalue weighted by Crippen LogP contribution is -2.61. The van der Waals surface area contributed by atoms with Crippen molar-refractivity contribution >= 4 is 5.91 Å². The predicted octanol–water partition coefficient (Wildman–Crippen LogP) is 3.38. The van der Waals surface area contributed by atoms with E-state index in [1.165, 1.54) is 0 Å². The molecule has 5 aliphatic carbocycles. The first-order valence-corrected chi connectivity index (χ1v) is 11.3. The first-order valence-electron chi connectivity index (χ1n) is 11.3. The molecule has 0 unspecified atom stereocenters. The molecule has 5 aliphatic rings. The first kappa shape index (κ1) is 19.4. The summed E-state index contributed by atoms with van der Waals surface area (Å²) >= 11 is 0. The molecule has 5 saturated carbocycles. The number of hydrogen-bond acceptors (Lipinski definition) is 4. The Morgan fingerprint density at radius 2 is 1.66 bits per heavy atom.